The molecule has 164 valence electrons. The van der Waals surface area contributed by atoms with Crippen molar-refractivity contribution in [1.82, 2.24) is 4.90 Å². The largest absolute Gasteiger partial charge is 0.326 e. The molecule has 2 atom stereocenters. The van der Waals surface area contributed by atoms with E-state index in [-0.39, 0.29) is 24.2 Å². The van der Waals surface area contributed by atoms with Crippen molar-refractivity contribution < 1.29 is 18.4 Å². The van der Waals surface area contributed by atoms with Gasteiger partial charge in [0.25, 0.3) is 0 Å². The molecule has 4 rings (SSSR count). The zero-order valence-electron chi connectivity index (χ0n) is 17.3. The minimum absolute atomic E-state index is 0.112. The summed E-state index contributed by atoms with van der Waals surface area (Å²) in [4.78, 5) is 27.5. The maximum Gasteiger partial charge on any atom is 0.322 e. The molecule has 7 heteroatoms. The normalized spacial score (nSPS) is 18.1. The van der Waals surface area contributed by atoms with Gasteiger partial charge in [-0.15, -0.1) is 0 Å². The number of piperidine rings is 1. The summed E-state index contributed by atoms with van der Waals surface area (Å²) in [6, 6.07) is 20.8. The number of hydrogen-bond donors (Lipinski definition) is 2. The van der Waals surface area contributed by atoms with E-state index in [4.69, 9.17) is 0 Å². The van der Waals surface area contributed by atoms with Gasteiger partial charge in [-0.05, 0) is 42.7 Å². The van der Waals surface area contributed by atoms with Crippen LogP contribution in [-0.4, -0.2) is 23.4 Å². The lowest BCUT2D eigenvalue weighted by Crippen LogP contribution is -2.47. The first-order chi connectivity index (χ1) is 15.5. The molecule has 3 amide bonds. The van der Waals surface area contributed by atoms with E-state index in [0.717, 1.165) is 17.7 Å². The number of amides is 3. The number of benzene rings is 3. The van der Waals surface area contributed by atoms with Gasteiger partial charge in [0, 0.05) is 18.3 Å². The van der Waals surface area contributed by atoms with Gasteiger partial charge in [0.15, 0.2) is 0 Å². The molecule has 32 heavy (non-hydrogen) atoms. The van der Waals surface area contributed by atoms with Crippen molar-refractivity contribution >= 4 is 23.3 Å². The molecule has 1 aliphatic rings. The number of para-hydroxylation sites is 1. The van der Waals surface area contributed by atoms with Crippen LogP contribution in [0.4, 0.5) is 25.0 Å². The molecule has 0 aliphatic carbocycles. The molecular weight excluding hydrogens is 412 g/mol. The Morgan fingerprint density at radius 1 is 0.844 bits per heavy atom. The average Bonchev–Trinajstić information content (AvgIpc) is 2.81. The third kappa shape index (κ3) is 4.94. The summed E-state index contributed by atoms with van der Waals surface area (Å²) < 4.78 is 27.3. The van der Waals surface area contributed by atoms with Crippen molar-refractivity contribution in [2.45, 2.75) is 18.9 Å². The third-order valence-electron chi connectivity index (χ3n) is 5.61. The monoisotopic (exact) mass is 435 g/mol. The maximum atomic E-state index is 14.1. The number of rotatable bonds is 4. The van der Waals surface area contributed by atoms with E-state index >= 15 is 0 Å². The van der Waals surface area contributed by atoms with Crippen molar-refractivity contribution in [3.05, 3.63) is 96.1 Å². The Kier molecular flexibility index (Phi) is 6.44. The number of nitrogens with zero attached hydrogens (tertiary/aromatic N) is 1. The molecule has 0 saturated carbocycles. The van der Waals surface area contributed by atoms with Gasteiger partial charge < -0.3 is 15.5 Å². The molecule has 1 aliphatic heterocycles. The number of likely N-dealkylation sites (tertiary alicyclic amines) is 1. The van der Waals surface area contributed by atoms with Gasteiger partial charge >= 0.3 is 6.03 Å². The Labute approximate surface area is 185 Å². The van der Waals surface area contributed by atoms with E-state index in [1.807, 2.05) is 48.5 Å². The lowest BCUT2D eigenvalue weighted by molar-refractivity contribution is -0.121. The fraction of sp³-hybridized carbons (Fsp3) is 0.200. The molecule has 2 N–H and O–H groups in total. The van der Waals surface area contributed by atoms with Gasteiger partial charge in [-0.2, -0.15) is 0 Å². The van der Waals surface area contributed by atoms with Gasteiger partial charge in [0.1, 0.15) is 11.6 Å². The van der Waals surface area contributed by atoms with E-state index < -0.39 is 23.6 Å². The van der Waals surface area contributed by atoms with Crippen LogP contribution in [0.2, 0.25) is 0 Å². The quantitative estimate of drug-likeness (QED) is 0.561. The smallest absolute Gasteiger partial charge is 0.322 e. The van der Waals surface area contributed by atoms with Crippen LogP contribution >= 0.6 is 0 Å². The summed E-state index contributed by atoms with van der Waals surface area (Å²) in [5.74, 6) is -2.17. The number of nitrogens with one attached hydrogen (secondary N) is 2. The highest BCUT2D eigenvalue weighted by atomic mass is 19.1. The van der Waals surface area contributed by atoms with Gasteiger partial charge in [-0.1, -0.05) is 48.5 Å². The second kappa shape index (κ2) is 9.60. The molecule has 1 saturated heterocycles. The van der Waals surface area contributed by atoms with Crippen LogP contribution < -0.4 is 10.6 Å². The summed E-state index contributed by atoms with van der Waals surface area (Å²) in [6.07, 6.45) is 1.18. The SMILES string of the molecule is O=C(Nc1ccccc1)C1CCC(c2ccccc2)N(C(=O)Nc2ccc(F)cc2F)C1. The number of anilines is 2. The van der Waals surface area contributed by atoms with Gasteiger partial charge in [-0.3, -0.25) is 4.79 Å². The van der Waals surface area contributed by atoms with Crippen LogP contribution in [0.25, 0.3) is 0 Å². The highest BCUT2D eigenvalue weighted by Crippen LogP contribution is 2.34. The molecule has 0 aromatic heterocycles. The molecule has 1 heterocycles. The van der Waals surface area contributed by atoms with Crippen LogP contribution in [0.5, 0.6) is 0 Å². The van der Waals surface area contributed by atoms with Crippen LogP contribution in [0.3, 0.4) is 0 Å². The molecule has 3 aromatic rings. The molecule has 0 spiro atoms. The van der Waals surface area contributed by atoms with Crippen LogP contribution in [0.15, 0.2) is 78.9 Å². The highest BCUT2D eigenvalue weighted by molar-refractivity contribution is 5.94. The van der Waals surface area contributed by atoms with E-state index in [9.17, 15) is 18.4 Å². The second-order valence-electron chi connectivity index (χ2n) is 7.76. The minimum Gasteiger partial charge on any atom is -0.326 e. The summed E-state index contributed by atoms with van der Waals surface area (Å²) >= 11 is 0. The van der Waals surface area contributed by atoms with Crippen molar-refractivity contribution in [3.8, 4) is 0 Å². The Bertz CT molecular complexity index is 1090. The molecular formula is C25H23F2N3O2. The van der Waals surface area contributed by atoms with Crippen molar-refractivity contribution in [2.24, 2.45) is 5.92 Å². The molecule has 2 unspecified atom stereocenters. The van der Waals surface area contributed by atoms with Gasteiger partial charge in [0.2, 0.25) is 5.91 Å². The Morgan fingerprint density at radius 2 is 1.53 bits per heavy atom. The predicted molar refractivity (Wildman–Crippen MR) is 119 cm³/mol. The first kappa shape index (κ1) is 21.5. The number of urea groups is 1. The van der Waals surface area contributed by atoms with E-state index in [1.165, 1.54) is 6.07 Å². The molecule has 3 aromatic carbocycles. The topological polar surface area (TPSA) is 61.4 Å². The number of carbonyl (C=O) groups is 2. The van der Waals surface area contributed by atoms with Gasteiger partial charge in [-0.25, -0.2) is 13.6 Å². The summed E-state index contributed by atoms with van der Waals surface area (Å²) in [5, 5.41) is 5.42. The van der Waals surface area contributed by atoms with Crippen LogP contribution in [0, 0.1) is 17.6 Å². The second-order valence-corrected chi connectivity index (χ2v) is 7.76. The van der Waals surface area contributed by atoms with Crippen LogP contribution in [-0.2, 0) is 4.79 Å². The minimum atomic E-state index is -0.856. The lowest BCUT2D eigenvalue weighted by Gasteiger charge is -2.39. The number of carbonyl (C=O) groups excluding carboxylic acids is 2. The van der Waals surface area contributed by atoms with Gasteiger partial charge in [0.05, 0.1) is 17.6 Å². The molecule has 1 fully saturated rings. The van der Waals surface area contributed by atoms with E-state index in [1.54, 1.807) is 17.0 Å². The van der Waals surface area contributed by atoms with E-state index in [0.29, 0.717) is 18.5 Å². The Balaban J connectivity index is 1.54. The number of halogens is 2. The van der Waals surface area contributed by atoms with Crippen LogP contribution in [0.1, 0.15) is 24.4 Å². The average molecular weight is 435 g/mol. The fourth-order valence-electron chi connectivity index (χ4n) is 3.97. The number of hydrogen-bond acceptors (Lipinski definition) is 2. The van der Waals surface area contributed by atoms with Crippen molar-refractivity contribution in [1.29, 1.82) is 0 Å². The third-order valence-corrected chi connectivity index (χ3v) is 5.61. The fourth-order valence-corrected chi connectivity index (χ4v) is 3.97. The highest BCUT2D eigenvalue weighted by Gasteiger charge is 2.36. The zero-order valence-corrected chi connectivity index (χ0v) is 17.3. The van der Waals surface area contributed by atoms with E-state index in [2.05, 4.69) is 10.6 Å². The Hall–Kier alpha value is -3.74. The first-order valence-corrected chi connectivity index (χ1v) is 10.4. The zero-order chi connectivity index (χ0) is 22.5. The molecule has 0 bridgehead atoms. The van der Waals surface area contributed by atoms with Crippen molar-refractivity contribution in [2.75, 3.05) is 17.2 Å². The summed E-state index contributed by atoms with van der Waals surface area (Å²) in [6.45, 7) is 0.173. The predicted octanol–water partition coefficient (Wildman–Crippen LogP) is 5.59. The molecule has 5 nitrogen and oxygen atoms in total. The maximum absolute atomic E-state index is 14.1. The molecule has 0 radical (unpaired) electrons. The summed E-state index contributed by atoms with van der Waals surface area (Å²) in [7, 11) is 0. The summed E-state index contributed by atoms with van der Waals surface area (Å²) in [5.41, 5.74) is 1.51. The standard InChI is InChI=1S/C25H23F2N3O2/c26-19-12-13-22(21(27)15-19)29-25(32)30-16-18(24(31)28-20-9-5-2-6-10-20)11-14-23(30)17-7-3-1-4-8-17/h1-10,12-13,15,18,23H,11,14,16H2,(H,28,31)(H,29,32). The van der Waals surface area contributed by atoms with Crippen molar-refractivity contribution in [3.63, 3.8) is 0 Å². The first-order valence-electron chi connectivity index (χ1n) is 10.4. The Morgan fingerprint density at radius 3 is 2.22 bits per heavy atom. The lowest BCUT2D eigenvalue weighted by atomic mass is 9.88.